The van der Waals surface area contributed by atoms with Crippen LogP contribution in [0.1, 0.15) is 6.92 Å². The maximum atomic E-state index is 11.8. The van der Waals surface area contributed by atoms with Crippen LogP contribution in [0.5, 0.6) is 0 Å². The van der Waals surface area contributed by atoms with Gasteiger partial charge in [-0.2, -0.15) is 0 Å². The number of aliphatic hydroxyl groups excluding tert-OH is 1. The van der Waals surface area contributed by atoms with Crippen LogP contribution in [-0.2, 0) is 4.79 Å². The van der Waals surface area contributed by atoms with Crippen molar-refractivity contribution in [3.63, 3.8) is 0 Å². The van der Waals surface area contributed by atoms with E-state index in [2.05, 4.69) is 0 Å². The minimum absolute atomic E-state index is 1.08. The first-order chi connectivity index (χ1) is 3.55. The van der Waals surface area contributed by atoms with Gasteiger partial charge in [-0.25, -0.2) is 9.18 Å². The van der Waals surface area contributed by atoms with Crippen molar-refractivity contribution in [3.05, 3.63) is 0 Å². The van der Waals surface area contributed by atoms with Crippen LogP contribution in [0.2, 0.25) is 0 Å². The largest absolute Gasteiger partial charge is 0.479 e. The van der Waals surface area contributed by atoms with E-state index < -0.39 is 18.2 Å². The molecule has 0 spiro atoms. The zero-order valence-corrected chi connectivity index (χ0v) is 4.34. The number of carboxylic acids is 1. The SMILES string of the molecule is C[C@@H](O)[C@H](F)C(=O)O. The lowest BCUT2D eigenvalue weighted by Gasteiger charge is -2.02. The third-order valence-corrected chi connectivity index (χ3v) is 0.659. The number of halogens is 1. The fourth-order valence-corrected chi connectivity index (χ4v) is 0.206. The summed E-state index contributed by atoms with van der Waals surface area (Å²) in [6.07, 6.45) is -3.58. The molecule has 0 bridgehead atoms. The predicted octanol–water partition coefficient (Wildman–Crippen LogP) is -0.210. The molecule has 0 fully saturated rings. The highest BCUT2D eigenvalue weighted by molar-refractivity contribution is 5.72. The van der Waals surface area contributed by atoms with Crippen molar-refractivity contribution in [2.24, 2.45) is 0 Å². The van der Waals surface area contributed by atoms with Gasteiger partial charge in [-0.3, -0.25) is 0 Å². The average Bonchev–Trinajstić information content (AvgIpc) is 1.64. The minimum atomic E-state index is -2.16. The Morgan fingerprint density at radius 2 is 2.12 bits per heavy atom. The van der Waals surface area contributed by atoms with Crippen molar-refractivity contribution in [1.29, 1.82) is 0 Å². The fourth-order valence-electron chi connectivity index (χ4n) is 0.206. The summed E-state index contributed by atoms with van der Waals surface area (Å²) in [7, 11) is 0. The third-order valence-electron chi connectivity index (χ3n) is 0.659. The number of rotatable bonds is 2. The lowest BCUT2D eigenvalue weighted by atomic mass is 10.3. The summed E-state index contributed by atoms with van der Waals surface area (Å²) in [6, 6.07) is 0. The normalized spacial score (nSPS) is 17.4. The summed E-state index contributed by atoms with van der Waals surface area (Å²) in [5, 5.41) is 16.1. The Hall–Kier alpha value is -0.640. The van der Waals surface area contributed by atoms with Gasteiger partial charge in [0.05, 0.1) is 6.10 Å². The molecule has 0 saturated carbocycles. The highest BCUT2D eigenvalue weighted by atomic mass is 19.1. The van der Waals surface area contributed by atoms with Crippen LogP contribution in [0.3, 0.4) is 0 Å². The molecular weight excluding hydrogens is 115 g/mol. The number of aliphatic carboxylic acids is 1. The van der Waals surface area contributed by atoms with Gasteiger partial charge in [0.1, 0.15) is 0 Å². The molecule has 48 valence electrons. The Bertz CT molecular complexity index is 91.3. The number of hydrogen-bond donors (Lipinski definition) is 2. The Morgan fingerprint density at radius 3 is 2.12 bits per heavy atom. The zero-order chi connectivity index (χ0) is 6.73. The van der Waals surface area contributed by atoms with E-state index in [0.29, 0.717) is 0 Å². The summed E-state index contributed by atoms with van der Waals surface area (Å²) in [5.41, 5.74) is 0. The average molecular weight is 122 g/mol. The standard InChI is InChI=1S/C4H7FO3/c1-2(6)3(5)4(7)8/h2-3,6H,1H3,(H,7,8)/t2-,3+/m1/s1. The second-order valence-electron chi connectivity index (χ2n) is 1.48. The molecule has 0 aliphatic heterocycles. The molecule has 0 unspecified atom stereocenters. The van der Waals surface area contributed by atoms with Crippen LogP contribution in [-0.4, -0.2) is 28.5 Å². The fraction of sp³-hybridized carbons (Fsp3) is 0.750. The van der Waals surface area contributed by atoms with E-state index in [1.165, 1.54) is 0 Å². The Balaban J connectivity index is 3.64. The molecular formula is C4H7FO3. The molecule has 0 radical (unpaired) electrons. The molecule has 8 heavy (non-hydrogen) atoms. The van der Waals surface area contributed by atoms with Crippen LogP contribution in [0.15, 0.2) is 0 Å². The number of carboxylic acid groups (broad SMARTS) is 1. The van der Waals surface area contributed by atoms with Gasteiger partial charge in [0.15, 0.2) is 0 Å². The summed E-state index contributed by atoms with van der Waals surface area (Å²) in [6.45, 7) is 1.08. The molecule has 0 saturated heterocycles. The molecule has 4 heteroatoms. The van der Waals surface area contributed by atoms with Crippen molar-refractivity contribution < 1.29 is 19.4 Å². The molecule has 0 heterocycles. The molecule has 0 aliphatic rings. The first kappa shape index (κ1) is 7.36. The number of aliphatic hydroxyl groups is 1. The molecule has 0 aromatic carbocycles. The number of alkyl halides is 1. The molecule has 3 nitrogen and oxygen atoms in total. The van der Waals surface area contributed by atoms with Crippen LogP contribution in [0, 0.1) is 0 Å². The quantitative estimate of drug-likeness (QED) is 0.532. The smallest absolute Gasteiger partial charge is 0.341 e. The second-order valence-corrected chi connectivity index (χ2v) is 1.48. The van der Waals surface area contributed by atoms with Crippen LogP contribution in [0.4, 0.5) is 4.39 Å². The number of hydrogen-bond acceptors (Lipinski definition) is 2. The maximum absolute atomic E-state index is 11.8. The van der Waals surface area contributed by atoms with Crippen LogP contribution in [0.25, 0.3) is 0 Å². The van der Waals surface area contributed by atoms with E-state index in [1.807, 2.05) is 0 Å². The highest BCUT2D eigenvalue weighted by Crippen LogP contribution is 1.96. The molecule has 0 aromatic heterocycles. The summed E-state index contributed by atoms with van der Waals surface area (Å²) in [4.78, 5) is 9.61. The van der Waals surface area contributed by atoms with E-state index in [-0.39, 0.29) is 0 Å². The van der Waals surface area contributed by atoms with E-state index in [0.717, 1.165) is 6.92 Å². The highest BCUT2D eigenvalue weighted by Gasteiger charge is 2.20. The third kappa shape index (κ3) is 1.88. The Morgan fingerprint density at radius 1 is 1.75 bits per heavy atom. The first-order valence-corrected chi connectivity index (χ1v) is 2.10. The van der Waals surface area contributed by atoms with Crippen molar-refractivity contribution in [1.82, 2.24) is 0 Å². The first-order valence-electron chi connectivity index (χ1n) is 2.10. The molecule has 2 N–H and O–H groups in total. The zero-order valence-electron chi connectivity index (χ0n) is 4.34. The van der Waals surface area contributed by atoms with E-state index in [9.17, 15) is 9.18 Å². The van der Waals surface area contributed by atoms with Crippen LogP contribution >= 0.6 is 0 Å². The topological polar surface area (TPSA) is 57.5 Å². The Kier molecular flexibility index (Phi) is 2.41. The number of carbonyl (C=O) groups is 1. The van der Waals surface area contributed by atoms with Gasteiger partial charge < -0.3 is 10.2 Å². The Labute approximate surface area is 45.7 Å². The van der Waals surface area contributed by atoms with Crippen molar-refractivity contribution in [3.8, 4) is 0 Å². The van der Waals surface area contributed by atoms with Crippen molar-refractivity contribution in [2.75, 3.05) is 0 Å². The molecule has 0 aromatic rings. The van der Waals surface area contributed by atoms with Crippen LogP contribution < -0.4 is 0 Å². The predicted molar refractivity (Wildman–Crippen MR) is 24.2 cm³/mol. The molecule has 0 rings (SSSR count). The van der Waals surface area contributed by atoms with E-state index in [1.54, 1.807) is 0 Å². The molecule has 0 aliphatic carbocycles. The van der Waals surface area contributed by atoms with Crippen molar-refractivity contribution >= 4 is 5.97 Å². The lowest BCUT2D eigenvalue weighted by molar-refractivity contribution is -0.146. The lowest BCUT2D eigenvalue weighted by Crippen LogP contribution is -2.26. The van der Waals surface area contributed by atoms with Gasteiger partial charge in [-0.15, -0.1) is 0 Å². The minimum Gasteiger partial charge on any atom is -0.479 e. The monoisotopic (exact) mass is 122 g/mol. The van der Waals surface area contributed by atoms with Gasteiger partial charge in [0.2, 0.25) is 6.17 Å². The van der Waals surface area contributed by atoms with E-state index in [4.69, 9.17) is 10.2 Å². The molecule has 0 amide bonds. The van der Waals surface area contributed by atoms with Gasteiger partial charge in [0.25, 0.3) is 0 Å². The molecule has 2 atom stereocenters. The second kappa shape index (κ2) is 2.61. The van der Waals surface area contributed by atoms with E-state index >= 15 is 0 Å². The summed E-state index contributed by atoms with van der Waals surface area (Å²) >= 11 is 0. The summed E-state index contributed by atoms with van der Waals surface area (Å²) < 4.78 is 11.8. The van der Waals surface area contributed by atoms with Gasteiger partial charge in [-0.1, -0.05) is 0 Å². The van der Waals surface area contributed by atoms with Gasteiger partial charge >= 0.3 is 5.97 Å². The van der Waals surface area contributed by atoms with Gasteiger partial charge in [0, 0.05) is 0 Å². The van der Waals surface area contributed by atoms with Crippen molar-refractivity contribution in [2.45, 2.75) is 19.2 Å². The van der Waals surface area contributed by atoms with Gasteiger partial charge in [-0.05, 0) is 6.92 Å². The summed E-state index contributed by atoms with van der Waals surface area (Å²) in [5.74, 6) is -1.62. The maximum Gasteiger partial charge on any atom is 0.341 e.